The van der Waals surface area contributed by atoms with Crippen LogP contribution in [-0.4, -0.2) is 6.04 Å². The van der Waals surface area contributed by atoms with E-state index in [4.69, 9.17) is 0 Å². The van der Waals surface area contributed by atoms with Crippen LogP contribution in [0.4, 0.5) is 4.39 Å². The lowest BCUT2D eigenvalue weighted by Gasteiger charge is -2.16. The van der Waals surface area contributed by atoms with Crippen molar-refractivity contribution >= 4 is 15.9 Å². The second-order valence-corrected chi connectivity index (χ2v) is 5.42. The van der Waals surface area contributed by atoms with Gasteiger partial charge in [0.15, 0.2) is 0 Å². The molecule has 16 heavy (non-hydrogen) atoms. The van der Waals surface area contributed by atoms with Gasteiger partial charge in [-0.3, -0.25) is 0 Å². The molecule has 1 aliphatic carbocycles. The Kier molecular flexibility index (Phi) is 3.65. The molecule has 3 unspecified atom stereocenters. The van der Waals surface area contributed by atoms with Crippen molar-refractivity contribution in [1.82, 2.24) is 5.32 Å². The van der Waals surface area contributed by atoms with Gasteiger partial charge in [0.05, 0.1) is 0 Å². The summed E-state index contributed by atoms with van der Waals surface area (Å²) in [5, 5.41) is 3.58. The highest BCUT2D eigenvalue weighted by Gasteiger charge is 2.36. The molecule has 2 rings (SSSR count). The Morgan fingerprint density at radius 3 is 2.88 bits per heavy atom. The van der Waals surface area contributed by atoms with E-state index in [1.807, 2.05) is 6.07 Å². The highest BCUT2D eigenvalue weighted by atomic mass is 79.9. The molecule has 1 nitrogen and oxygen atoms in total. The third kappa shape index (κ3) is 2.64. The molecule has 0 aliphatic heterocycles. The molecule has 0 aromatic heterocycles. The van der Waals surface area contributed by atoms with Gasteiger partial charge in [0.2, 0.25) is 0 Å². The number of hydrogen-bond acceptors (Lipinski definition) is 1. The molecule has 1 aromatic carbocycles. The van der Waals surface area contributed by atoms with Crippen LogP contribution in [0.5, 0.6) is 0 Å². The Morgan fingerprint density at radius 1 is 1.56 bits per heavy atom. The second-order valence-electron chi connectivity index (χ2n) is 4.56. The van der Waals surface area contributed by atoms with Gasteiger partial charge in [-0.05, 0) is 37.0 Å². The molecule has 0 amide bonds. The fourth-order valence-electron chi connectivity index (χ4n) is 2.17. The lowest BCUT2D eigenvalue weighted by molar-refractivity contribution is 0.536. The van der Waals surface area contributed by atoms with Gasteiger partial charge in [0.25, 0.3) is 0 Å². The number of benzene rings is 1. The average molecular weight is 286 g/mol. The number of hydrogen-bond donors (Lipinski definition) is 1. The van der Waals surface area contributed by atoms with Crippen molar-refractivity contribution in [1.29, 1.82) is 0 Å². The van der Waals surface area contributed by atoms with Crippen LogP contribution in [0.2, 0.25) is 0 Å². The van der Waals surface area contributed by atoms with E-state index in [1.54, 1.807) is 0 Å². The topological polar surface area (TPSA) is 12.0 Å². The minimum Gasteiger partial charge on any atom is -0.307 e. The molecule has 1 saturated carbocycles. The monoisotopic (exact) mass is 285 g/mol. The first-order chi connectivity index (χ1) is 7.61. The summed E-state index contributed by atoms with van der Waals surface area (Å²) < 4.78 is 13.8. The number of halogens is 2. The van der Waals surface area contributed by atoms with Crippen LogP contribution in [0.15, 0.2) is 22.7 Å². The molecule has 1 aliphatic rings. The van der Waals surface area contributed by atoms with Crippen molar-refractivity contribution in [2.24, 2.45) is 5.92 Å². The first-order valence-electron chi connectivity index (χ1n) is 5.82. The van der Waals surface area contributed by atoms with E-state index in [1.165, 1.54) is 25.0 Å². The third-order valence-corrected chi connectivity index (χ3v) is 4.03. The van der Waals surface area contributed by atoms with E-state index < -0.39 is 0 Å². The maximum Gasteiger partial charge on any atom is 0.124 e. The largest absolute Gasteiger partial charge is 0.307 e. The standard InChI is InChI=1S/C13H17BrFN/c1-3-9-6-13(9)16-8(2)11-5-4-10(15)7-12(11)14/h4-5,7-9,13,16H,3,6H2,1-2H3. The summed E-state index contributed by atoms with van der Waals surface area (Å²) in [7, 11) is 0. The van der Waals surface area contributed by atoms with Gasteiger partial charge in [-0.2, -0.15) is 0 Å². The molecule has 0 bridgehead atoms. The summed E-state index contributed by atoms with van der Waals surface area (Å²) in [6.45, 7) is 4.36. The normalized spacial score (nSPS) is 25.5. The van der Waals surface area contributed by atoms with E-state index in [0.717, 1.165) is 16.0 Å². The van der Waals surface area contributed by atoms with Crippen LogP contribution >= 0.6 is 15.9 Å². The second kappa shape index (κ2) is 4.84. The first-order valence-corrected chi connectivity index (χ1v) is 6.62. The van der Waals surface area contributed by atoms with E-state index >= 15 is 0 Å². The van der Waals surface area contributed by atoms with Crippen LogP contribution in [0.25, 0.3) is 0 Å². The van der Waals surface area contributed by atoms with E-state index in [-0.39, 0.29) is 11.9 Å². The lowest BCUT2D eigenvalue weighted by Crippen LogP contribution is -2.22. The quantitative estimate of drug-likeness (QED) is 0.881. The Hall–Kier alpha value is -0.410. The zero-order chi connectivity index (χ0) is 11.7. The molecule has 3 heteroatoms. The van der Waals surface area contributed by atoms with Crippen LogP contribution in [0.3, 0.4) is 0 Å². The molecule has 0 saturated heterocycles. The highest BCUT2D eigenvalue weighted by Crippen LogP contribution is 2.36. The van der Waals surface area contributed by atoms with E-state index in [9.17, 15) is 4.39 Å². The van der Waals surface area contributed by atoms with Gasteiger partial charge >= 0.3 is 0 Å². The predicted octanol–water partition coefficient (Wildman–Crippen LogP) is 4.04. The predicted molar refractivity (Wildman–Crippen MR) is 67.8 cm³/mol. The Bertz CT molecular complexity index is 380. The Balaban J connectivity index is 2.01. The maximum absolute atomic E-state index is 13.0. The molecular weight excluding hydrogens is 269 g/mol. The third-order valence-electron chi connectivity index (χ3n) is 3.34. The first kappa shape index (κ1) is 12.1. The van der Waals surface area contributed by atoms with Gasteiger partial charge in [-0.15, -0.1) is 0 Å². The molecular formula is C13H17BrFN. The lowest BCUT2D eigenvalue weighted by atomic mass is 10.1. The number of rotatable bonds is 4. The van der Waals surface area contributed by atoms with Gasteiger partial charge in [-0.1, -0.05) is 35.3 Å². The summed E-state index contributed by atoms with van der Waals surface area (Å²) in [6.07, 6.45) is 2.52. The molecule has 0 radical (unpaired) electrons. The minimum atomic E-state index is -0.194. The molecule has 88 valence electrons. The van der Waals surface area contributed by atoms with Crippen LogP contribution in [-0.2, 0) is 0 Å². The van der Waals surface area contributed by atoms with Crippen molar-refractivity contribution in [3.8, 4) is 0 Å². The van der Waals surface area contributed by atoms with E-state index in [2.05, 4.69) is 35.1 Å². The molecule has 0 spiro atoms. The zero-order valence-electron chi connectivity index (χ0n) is 9.63. The van der Waals surface area contributed by atoms with Gasteiger partial charge in [-0.25, -0.2) is 4.39 Å². The molecule has 1 fully saturated rings. The van der Waals surface area contributed by atoms with Gasteiger partial charge in [0.1, 0.15) is 5.82 Å². The van der Waals surface area contributed by atoms with Crippen LogP contribution in [0.1, 0.15) is 38.3 Å². The summed E-state index contributed by atoms with van der Waals surface area (Å²) >= 11 is 3.41. The van der Waals surface area contributed by atoms with Gasteiger partial charge in [0, 0.05) is 16.6 Å². The highest BCUT2D eigenvalue weighted by molar-refractivity contribution is 9.10. The average Bonchev–Trinajstić information content (AvgIpc) is 2.96. The Morgan fingerprint density at radius 2 is 2.31 bits per heavy atom. The molecule has 0 heterocycles. The minimum absolute atomic E-state index is 0.194. The van der Waals surface area contributed by atoms with Crippen molar-refractivity contribution < 1.29 is 4.39 Å². The molecule has 3 atom stereocenters. The smallest absolute Gasteiger partial charge is 0.124 e. The fraction of sp³-hybridized carbons (Fsp3) is 0.538. The molecule has 1 N–H and O–H groups in total. The van der Waals surface area contributed by atoms with Crippen molar-refractivity contribution in [2.45, 2.75) is 38.8 Å². The van der Waals surface area contributed by atoms with Crippen molar-refractivity contribution in [3.05, 3.63) is 34.1 Å². The maximum atomic E-state index is 13.0. The van der Waals surface area contributed by atoms with Crippen LogP contribution < -0.4 is 5.32 Å². The molecule has 1 aromatic rings. The summed E-state index contributed by atoms with van der Waals surface area (Å²) in [6, 6.07) is 5.81. The number of nitrogens with one attached hydrogen (secondary N) is 1. The SMILES string of the molecule is CCC1CC1NC(C)c1ccc(F)cc1Br. The van der Waals surface area contributed by atoms with Crippen molar-refractivity contribution in [2.75, 3.05) is 0 Å². The van der Waals surface area contributed by atoms with E-state index in [0.29, 0.717) is 6.04 Å². The van der Waals surface area contributed by atoms with Crippen LogP contribution in [0, 0.1) is 11.7 Å². The Labute approximate surface area is 105 Å². The zero-order valence-corrected chi connectivity index (χ0v) is 11.2. The summed E-state index contributed by atoms with van der Waals surface area (Å²) in [5.41, 5.74) is 1.13. The van der Waals surface area contributed by atoms with Gasteiger partial charge < -0.3 is 5.32 Å². The summed E-state index contributed by atoms with van der Waals surface area (Å²) in [5.74, 6) is 0.641. The fourth-order valence-corrected chi connectivity index (χ4v) is 2.86. The summed E-state index contributed by atoms with van der Waals surface area (Å²) in [4.78, 5) is 0. The van der Waals surface area contributed by atoms with Crippen molar-refractivity contribution in [3.63, 3.8) is 0 Å².